The number of carboxylic acid groups (broad SMARTS) is 1. The summed E-state index contributed by atoms with van der Waals surface area (Å²) in [6, 6.07) is 0. The Kier molecular flexibility index (Phi) is 6.94. The lowest BCUT2D eigenvalue weighted by Gasteiger charge is -2.05. The normalized spacial score (nSPS) is 24.2. The number of hydrogen-bond donors (Lipinski definition) is 2. The molecule has 1 aliphatic rings. The molecule has 5 heteroatoms. The van der Waals surface area contributed by atoms with Gasteiger partial charge in [-0.3, -0.25) is 0 Å². The molecule has 0 aliphatic carbocycles. The van der Waals surface area contributed by atoms with Gasteiger partial charge in [0.25, 0.3) is 0 Å². The predicted octanol–water partition coefficient (Wildman–Crippen LogP) is 0.777. The molecule has 0 aromatic heterocycles. The molecule has 1 saturated heterocycles. The fraction of sp³-hybridized carbons (Fsp3) is 0.700. The maximum Gasteiger partial charge on any atom is 0.330 e. The van der Waals surface area contributed by atoms with E-state index >= 15 is 0 Å². The predicted molar refractivity (Wildman–Crippen MR) is 54.4 cm³/mol. The van der Waals surface area contributed by atoms with Crippen molar-refractivity contribution in [3.8, 4) is 0 Å². The fourth-order valence-corrected chi connectivity index (χ4v) is 0.837. The first kappa shape index (κ1) is 14.1. The van der Waals surface area contributed by atoms with E-state index in [0.717, 1.165) is 0 Å². The smallest absolute Gasteiger partial charge is 0.330 e. The van der Waals surface area contributed by atoms with E-state index in [1.54, 1.807) is 0 Å². The molecule has 0 aromatic rings. The van der Waals surface area contributed by atoms with Crippen molar-refractivity contribution in [2.75, 3.05) is 13.2 Å². The first-order valence-corrected chi connectivity index (χ1v) is 4.74. The molecule has 0 saturated carbocycles. The number of rotatable bonds is 3. The van der Waals surface area contributed by atoms with Crippen LogP contribution < -0.4 is 0 Å². The summed E-state index contributed by atoms with van der Waals surface area (Å²) in [4.78, 5) is 9.60. The molecule has 0 bridgehead atoms. The van der Waals surface area contributed by atoms with Gasteiger partial charge in [0, 0.05) is 18.6 Å². The Hall–Kier alpha value is -0.910. The summed E-state index contributed by atoms with van der Waals surface area (Å²) in [5.74, 6) is -0.935. The van der Waals surface area contributed by atoms with Crippen LogP contribution in [-0.4, -0.2) is 41.8 Å². The average molecular weight is 218 g/mol. The van der Waals surface area contributed by atoms with E-state index in [9.17, 15) is 4.79 Å². The van der Waals surface area contributed by atoms with Crippen molar-refractivity contribution in [1.82, 2.24) is 0 Å². The van der Waals surface area contributed by atoms with Crippen molar-refractivity contribution < 1.29 is 24.5 Å². The monoisotopic (exact) mass is 218 g/mol. The zero-order valence-electron chi connectivity index (χ0n) is 9.10. The highest BCUT2D eigenvalue weighted by molar-refractivity contribution is 5.84. The average Bonchev–Trinajstić information content (AvgIpc) is 2.53. The van der Waals surface area contributed by atoms with Crippen molar-refractivity contribution in [3.05, 3.63) is 12.2 Å². The minimum atomic E-state index is -0.935. The zero-order valence-corrected chi connectivity index (χ0v) is 9.10. The molecule has 0 radical (unpaired) electrons. The Labute approximate surface area is 89.3 Å². The molecule has 0 aromatic carbocycles. The van der Waals surface area contributed by atoms with E-state index in [2.05, 4.69) is 6.58 Å². The summed E-state index contributed by atoms with van der Waals surface area (Å²) in [6.45, 7) is 7.35. The lowest BCUT2D eigenvalue weighted by molar-refractivity contribution is -0.132. The quantitative estimate of drug-likeness (QED) is 0.684. The molecule has 88 valence electrons. The van der Waals surface area contributed by atoms with Crippen molar-refractivity contribution >= 4 is 5.97 Å². The van der Waals surface area contributed by atoms with E-state index in [1.165, 1.54) is 6.92 Å². The molecule has 1 aliphatic heterocycles. The van der Waals surface area contributed by atoms with Crippen molar-refractivity contribution in [2.45, 2.75) is 32.7 Å². The summed E-state index contributed by atoms with van der Waals surface area (Å²) in [5, 5.41) is 16.3. The van der Waals surface area contributed by atoms with Crippen LogP contribution in [0.25, 0.3) is 0 Å². The van der Waals surface area contributed by atoms with E-state index in [1.807, 2.05) is 6.92 Å². The molecule has 2 atom stereocenters. The van der Waals surface area contributed by atoms with Gasteiger partial charge < -0.3 is 19.7 Å². The maximum absolute atomic E-state index is 9.60. The lowest BCUT2D eigenvalue weighted by Crippen LogP contribution is -2.10. The standard InChI is InChI=1S/C6H12O3.C4H6O2/c1-5-4-8-6(9-5)2-3-7;1-3(2)4(5)6/h5-7H,2-4H2,1H3;1H2,2H3,(H,5,6). The SMILES string of the molecule is C=C(C)C(=O)O.CC1COC(CCO)O1. The highest BCUT2D eigenvalue weighted by Crippen LogP contribution is 2.12. The van der Waals surface area contributed by atoms with Crippen LogP contribution in [0.2, 0.25) is 0 Å². The summed E-state index contributed by atoms with van der Waals surface area (Å²) in [6.07, 6.45) is 0.621. The minimum absolute atomic E-state index is 0.136. The Morgan fingerprint density at radius 1 is 1.60 bits per heavy atom. The first-order valence-electron chi connectivity index (χ1n) is 4.74. The van der Waals surface area contributed by atoms with E-state index in [0.29, 0.717) is 13.0 Å². The Bertz CT molecular complexity index is 200. The summed E-state index contributed by atoms with van der Waals surface area (Å²) >= 11 is 0. The number of carbonyl (C=O) groups is 1. The number of hydrogen-bond acceptors (Lipinski definition) is 4. The zero-order chi connectivity index (χ0) is 11.8. The largest absolute Gasteiger partial charge is 0.478 e. The minimum Gasteiger partial charge on any atom is -0.478 e. The molecule has 0 amide bonds. The third-order valence-electron chi connectivity index (χ3n) is 1.63. The Morgan fingerprint density at radius 3 is 2.40 bits per heavy atom. The van der Waals surface area contributed by atoms with Gasteiger partial charge in [-0.05, 0) is 13.8 Å². The highest BCUT2D eigenvalue weighted by atomic mass is 16.7. The number of aliphatic hydroxyl groups excluding tert-OH is 1. The van der Waals surface area contributed by atoms with Crippen molar-refractivity contribution in [3.63, 3.8) is 0 Å². The van der Waals surface area contributed by atoms with Gasteiger partial charge in [-0.15, -0.1) is 0 Å². The van der Waals surface area contributed by atoms with Crippen molar-refractivity contribution in [1.29, 1.82) is 0 Å². The van der Waals surface area contributed by atoms with Gasteiger partial charge in [0.2, 0.25) is 0 Å². The van der Waals surface area contributed by atoms with Gasteiger partial charge >= 0.3 is 5.97 Å². The van der Waals surface area contributed by atoms with E-state index in [4.69, 9.17) is 19.7 Å². The molecule has 0 spiro atoms. The molecule has 15 heavy (non-hydrogen) atoms. The molecule has 1 heterocycles. The first-order chi connectivity index (χ1) is 6.97. The van der Waals surface area contributed by atoms with Crippen LogP contribution in [0.15, 0.2) is 12.2 Å². The molecular weight excluding hydrogens is 200 g/mol. The summed E-state index contributed by atoms with van der Waals surface area (Å²) in [7, 11) is 0. The van der Waals surface area contributed by atoms with E-state index in [-0.39, 0.29) is 24.6 Å². The second-order valence-corrected chi connectivity index (χ2v) is 3.31. The third-order valence-corrected chi connectivity index (χ3v) is 1.63. The second kappa shape index (κ2) is 7.39. The molecule has 1 rings (SSSR count). The molecule has 1 fully saturated rings. The Morgan fingerprint density at radius 2 is 2.13 bits per heavy atom. The van der Waals surface area contributed by atoms with Crippen LogP contribution >= 0.6 is 0 Å². The van der Waals surface area contributed by atoms with Crippen LogP contribution in [0.5, 0.6) is 0 Å². The number of carboxylic acids is 1. The number of aliphatic carboxylic acids is 1. The summed E-state index contributed by atoms with van der Waals surface area (Å²) in [5.41, 5.74) is 0.176. The van der Waals surface area contributed by atoms with Gasteiger partial charge in [0.1, 0.15) is 0 Å². The fourth-order valence-electron chi connectivity index (χ4n) is 0.837. The second-order valence-electron chi connectivity index (χ2n) is 3.31. The van der Waals surface area contributed by atoms with E-state index < -0.39 is 5.97 Å². The molecule has 2 N–H and O–H groups in total. The van der Waals surface area contributed by atoms with Crippen LogP contribution in [0.1, 0.15) is 20.3 Å². The van der Waals surface area contributed by atoms with Crippen LogP contribution in [-0.2, 0) is 14.3 Å². The Balaban J connectivity index is 0.000000288. The highest BCUT2D eigenvalue weighted by Gasteiger charge is 2.20. The van der Waals surface area contributed by atoms with Crippen LogP contribution in [0, 0.1) is 0 Å². The molecular formula is C10H18O5. The van der Waals surface area contributed by atoms with Gasteiger partial charge in [0.15, 0.2) is 6.29 Å². The summed E-state index contributed by atoms with van der Waals surface area (Å²) < 4.78 is 10.3. The number of aliphatic hydroxyl groups is 1. The van der Waals surface area contributed by atoms with Crippen LogP contribution in [0.3, 0.4) is 0 Å². The van der Waals surface area contributed by atoms with Crippen molar-refractivity contribution in [2.24, 2.45) is 0 Å². The van der Waals surface area contributed by atoms with Crippen LogP contribution in [0.4, 0.5) is 0 Å². The molecule has 5 nitrogen and oxygen atoms in total. The third kappa shape index (κ3) is 7.07. The maximum atomic E-state index is 9.60. The van der Waals surface area contributed by atoms with Gasteiger partial charge in [-0.2, -0.15) is 0 Å². The number of ether oxygens (including phenoxy) is 2. The molecule has 2 unspecified atom stereocenters. The van der Waals surface area contributed by atoms with Gasteiger partial charge in [-0.25, -0.2) is 4.79 Å². The van der Waals surface area contributed by atoms with Gasteiger partial charge in [-0.1, -0.05) is 6.58 Å². The van der Waals surface area contributed by atoms with Gasteiger partial charge in [0.05, 0.1) is 12.7 Å². The lowest BCUT2D eigenvalue weighted by atomic mass is 10.4. The topological polar surface area (TPSA) is 76.0 Å².